The highest BCUT2D eigenvalue weighted by molar-refractivity contribution is 7.89. The van der Waals surface area contributed by atoms with Crippen LogP contribution in [0.5, 0.6) is 0 Å². The largest absolute Gasteiger partial charge is 0.396 e. The van der Waals surface area contributed by atoms with E-state index in [1.165, 1.54) is 6.92 Å². The molecule has 0 saturated carbocycles. The lowest BCUT2D eigenvalue weighted by molar-refractivity contribution is 0.188. The fourth-order valence-corrected chi connectivity index (χ4v) is 3.78. The monoisotopic (exact) mass is 304 g/mol. The zero-order chi connectivity index (χ0) is 15.5. The summed E-state index contributed by atoms with van der Waals surface area (Å²) in [4.78, 5) is 0.0423. The van der Waals surface area contributed by atoms with E-state index in [4.69, 9.17) is 10.5 Å². The Morgan fingerprint density at radius 2 is 2.05 bits per heavy atom. The van der Waals surface area contributed by atoms with Gasteiger partial charge in [0.1, 0.15) is 5.82 Å². The average molecular weight is 304 g/mol. The molecule has 0 heterocycles. The Balaban J connectivity index is 3.14. The first kappa shape index (κ1) is 16.9. The SMILES string of the molecule is COCCC(C)NS(=O)(=O)c1c(C)cc(F)c(N)c1C. The summed E-state index contributed by atoms with van der Waals surface area (Å²) in [6.45, 7) is 5.24. The molecule has 0 aromatic heterocycles. The van der Waals surface area contributed by atoms with Gasteiger partial charge in [-0.25, -0.2) is 17.5 Å². The number of aryl methyl sites for hydroxylation is 1. The van der Waals surface area contributed by atoms with Crippen LogP contribution >= 0.6 is 0 Å². The van der Waals surface area contributed by atoms with Crippen molar-refractivity contribution in [1.29, 1.82) is 0 Å². The molecule has 1 aromatic carbocycles. The first-order valence-corrected chi connectivity index (χ1v) is 7.75. The van der Waals surface area contributed by atoms with Crippen molar-refractivity contribution in [3.63, 3.8) is 0 Å². The smallest absolute Gasteiger partial charge is 0.241 e. The summed E-state index contributed by atoms with van der Waals surface area (Å²) in [5, 5.41) is 0. The van der Waals surface area contributed by atoms with E-state index in [1.54, 1.807) is 21.0 Å². The number of nitrogens with two attached hydrogens (primary N) is 1. The number of nitrogens with one attached hydrogen (secondary N) is 1. The van der Waals surface area contributed by atoms with Gasteiger partial charge in [0, 0.05) is 19.8 Å². The molecule has 0 radical (unpaired) electrons. The van der Waals surface area contributed by atoms with Gasteiger partial charge >= 0.3 is 0 Å². The number of hydrogen-bond donors (Lipinski definition) is 2. The normalized spacial score (nSPS) is 13.4. The molecular formula is C13H21FN2O3S. The fourth-order valence-electron chi connectivity index (χ4n) is 2.02. The second kappa shape index (κ2) is 6.51. The second-order valence-corrected chi connectivity index (χ2v) is 6.50. The molecule has 0 saturated heterocycles. The number of benzene rings is 1. The van der Waals surface area contributed by atoms with Gasteiger partial charge in [-0.3, -0.25) is 0 Å². The Bertz CT molecular complexity index is 588. The van der Waals surface area contributed by atoms with Crippen molar-refractivity contribution in [1.82, 2.24) is 4.72 Å². The number of methoxy groups -OCH3 is 1. The Kier molecular flexibility index (Phi) is 5.50. The molecule has 1 aromatic rings. The third-order valence-corrected chi connectivity index (χ3v) is 4.96. The van der Waals surface area contributed by atoms with Gasteiger partial charge in [0.05, 0.1) is 10.6 Å². The number of sulfonamides is 1. The van der Waals surface area contributed by atoms with Crippen LogP contribution in [0.2, 0.25) is 0 Å². The molecule has 5 nitrogen and oxygen atoms in total. The predicted octanol–water partition coefficient (Wildman–Crippen LogP) is 1.73. The number of anilines is 1. The standard InChI is InChI=1S/C13H21FN2O3S/c1-8-7-11(14)12(15)10(3)13(8)20(17,18)16-9(2)5-6-19-4/h7,9,16H,5-6,15H2,1-4H3. The van der Waals surface area contributed by atoms with E-state index < -0.39 is 15.8 Å². The summed E-state index contributed by atoms with van der Waals surface area (Å²) in [5.41, 5.74) is 6.00. The maximum atomic E-state index is 13.5. The number of halogens is 1. The second-order valence-electron chi connectivity index (χ2n) is 4.85. The van der Waals surface area contributed by atoms with E-state index >= 15 is 0 Å². The van der Waals surface area contributed by atoms with Crippen LogP contribution in [0.15, 0.2) is 11.0 Å². The molecule has 7 heteroatoms. The number of rotatable bonds is 6. The van der Waals surface area contributed by atoms with Crippen LogP contribution < -0.4 is 10.5 Å². The topological polar surface area (TPSA) is 81.4 Å². The highest BCUT2D eigenvalue weighted by Crippen LogP contribution is 2.27. The lowest BCUT2D eigenvalue weighted by Gasteiger charge is -2.18. The van der Waals surface area contributed by atoms with Crippen LogP contribution in [0.25, 0.3) is 0 Å². The van der Waals surface area contributed by atoms with Crippen molar-refractivity contribution in [3.8, 4) is 0 Å². The van der Waals surface area contributed by atoms with Crippen molar-refractivity contribution >= 4 is 15.7 Å². The zero-order valence-electron chi connectivity index (χ0n) is 12.2. The molecular weight excluding hydrogens is 283 g/mol. The molecule has 0 aliphatic heterocycles. The zero-order valence-corrected chi connectivity index (χ0v) is 13.0. The lowest BCUT2D eigenvalue weighted by atomic mass is 10.1. The van der Waals surface area contributed by atoms with Gasteiger partial charge in [0.2, 0.25) is 10.0 Å². The quantitative estimate of drug-likeness (QED) is 0.784. The maximum absolute atomic E-state index is 13.5. The van der Waals surface area contributed by atoms with E-state index in [2.05, 4.69) is 4.72 Å². The fraction of sp³-hybridized carbons (Fsp3) is 0.538. The average Bonchev–Trinajstić information content (AvgIpc) is 2.32. The minimum Gasteiger partial charge on any atom is -0.396 e. The molecule has 1 rings (SSSR count). The summed E-state index contributed by atoms with van der Waals surface area (Å²) < 4.78 is 45.7. The van der Waals surface area contributed by atoms with Crippen LogP contribution in [0.3, 0.4) is 0 Å². The molecule has 0 amide bonds. The van der Waals surface area contributed by atoms with E-state index in [1.807, 2.05) is 0 Å². The molecule has 1 atom stereocenters. The molecule has 3 N–H and O–H groups in total. The van der Waals surface area contributed by atoms with Gasteiger partial charge in [-0.15, -0.1) is 0 Å². The van der Waals surface area contributed by atoms with Crippen LogP contribution in [0.4, 0.5) is 10.1 Å². The first-order valence-electron chi connectivity index (χ1n) is 6.27. The van der Waals surface area contributed by atoms with Gasteiger partial charge in [0.25, 0.3) is 0 Å². The summed E-state index contributed by atoms with van der Waals surface area (Å²) in [6.07, 6.45) is 0.546. The van der Waals surface area contributed by atoms with E-state index in [9.17, 15) is 12.8 Å². The Morgan fingerprint density at radius 3 is 2.60 bits per heavy atom. The van der Waals surface area contributed by atoms with Crippen molar-refractivity contribution in [2.45, 2.75) is 38.1 Å². The molecule has 0 spiro atoms. The summed E-state index contributed by atoms with van der Waals surface area (Å²) >= 11 is 0. The van der Waals surface area contributed by atoms with Gasteiger partial charge < -0.3 is 10.5 Å². The minimum absolute atomic E-state index is 0.0423. The summed E-state index contributed by atoms with van der Waals surface area (Å²) in [6, 6.07) is 0.849. The lowest BCUT2D eigenvalue weighted by Crippen LogP contribution is -2.34. The molecule has 0 aliphatic carbocycles. The third-order valence-electron chi connectivity index (χ3n) is 3.08. The van der Waals surface area contributed by atoms with Gasteiger partial charge in [-0.1, -0.05) is 0 Å². The van der Waals surface area contributed by atoms with Crippen molar-refractivity contribution in [2.24, 2.45) is 0 Å². The Labute approximate surface area is 119 Å². The molecule has 20 heavy (non-hydrogen) atoms. The third kappa shape index (κ3) is 3.68. The highest BCUT2D eigenvalue weighted by Gasteiger charge is 2.24. The molecule has 1 unspecified atom stereocenters. The number of ether oxygens (including phenoxy) is 1. The number of nitrogen functional groups attached to an aromatic ring is 1. The number of hydrogen-bond acceptors (Lipinski definition) is 4. The summed E-state index contributed by atoms with van der Waals surface area (Å²) in [7, 11) is -2.19. The predicted molar refractivity (Wildman–Crippen MR) is 76.6 cm³/mol. The highest BCUT2D eigenvalue weighted by atomic mass is 32.2. The molecule has 0 aliphatic rings. The van der Waals surface area contributed by atoms with Crippen molar-refractivity contribution in [2.75, 3.05) is 19.5 Å². The van der Waals surface area contributed by atoms with E-state index in [-0.39, 0.29) is 22.2 Å². The van der Waals surface area contributed by atoms with Gasteiger partial charge in [-0.05, 0) is 44.4 Å². The van der Waals surface area contributed by atoms with Crippen LogP contribution in [0, 0.1) is 19.7 Å². The van der Waals surface area contributed by atoms with Crippen molar-refractivity contribution < 1.29 is 17.5 Å². The minimum atomic E-state index is -3.74. The molecule has 0 bridgehead atoms. The van der Waals surface area contributed by atoms with Gasteiger partial charge in [0.15, 0.2) is 0 Å². The Morgan fingerprint density at radius 1 is 1.45 bits per heavy atom. The van der Waals surface area contributed by atoms with E-state index in [0.717, 1.165) is 6.07 Å². The Hall–Kier alpha value is -1.18. The van der Waals surface area contributed by atoms with Crippen molar-refractivity contribution in [3.05, 3.63) is 23.0 Å². The van der Waals surface area contributed by atoms with E-state index in [0.29, 0.717) is 18.6 Å². The summed E-state index contributed by atoms with van der Waals surface area (Å²) in [5.74, 6) is -0.605. The molecule has 0 fully saturated rings. The van der Waals surface area contributed by atoms with Crippen LogP contribution in [0.1, 0.15) is 24.5 Å². The first-order chi connectivity index (χ1) is 9.20. The van der Waals surface area contributed by atoms with Gasteiger partial charge in [-0.2, -0.15) is 0 Å². The molecule has 114 valence electrons. The van der Waals surface area contributed by atoms with Crippen LogP contribution in [-0.4, -0.2) is 28.2 Å². The van der Waals surface area contributed by atoms with Crippen LogP contribution in [-0.2, 0) is 14.8 Å². The maximum Gasteiger partial charge on any atom is 0.241 e.